The van der Waals surface area contributed by atoms with Crippen LogP contribution in [0.2, 0.25) is 0 Å². The second kappa shape index (κ2) is 10.9. The molecule has 4 heteroatoms. The molecule has 2 aromatic rings. The van der Waals surface area contributed by atoms with E-state index < -0.39 is 0 Å². The van der Waals surface area contributed by atoms with Gasteiger partial charge in [-0.2, -0.15) is 0 Å². The molecule has 0 fully saturated rings. The number of carbonyl (C=O) groups excluding carboxylic acids is 1. The lowest BCUT2D eigenvalue weighted by Gasteiger charge is -2.17. The zero-order valence-corrected chi connectivity index (χ0v) is 16.9. The molecule has 0 spiro atoms. The zero-order valence-electron chi connectivity index (χ0n) is 16.9. The van der Waals surface area contributed by atoms with E-state index in [4.69, 9.17) is 4.74 Å². The average molecular weight is 381 g/mol. The van der Waals surface area contributed by atoms with Gasteiger partial charge in [-0.3, -0.25) is 4.79 Å². The molecule has 150 valence electrons. The highest BCUT2D eigenvalue weighted by Gasteiger charge is 2.17. The molecular formula is C24H32N2O2. The van der Waals surface area contributed by atoms with E-state index >= 15 is 0 Å². The van der Waals surface area contributed by atoms with Crippen molar-refractivity contribution in [3.63, 3.8) is 0 Å². The molecule has 2 aromatic carbocycles. The highest BCUT2D eigenvalue weighted by atomic mass is 16.5. The second-order valence-corrected chi connectivity index (χ2v) is 7.58. The summed E-state index contributed by atoms with van der Waals surface area (Å²) in [5.41, 5.74) is 4.06. The Balaban J connectivity index is 1.54. The smallest absolute Gasteiger partial charge is 0.257 e. The number of hydrogen-bond acceptors (Lipinski definition) is 3. The van der Waals surface area contributed by atoms with E-state index in [0.717, 1.165) is 44.5 Å². The minimum atomic E-state index is -0.0502. The number of nitrogens with one attached hydrogen (secondary N) is 2. The molecule has 0 aromatic heterocycles. The molecule has 1 atom stereocenters. The zero-order chi connectivity index (χ0) is 19.6. The van der Waals surface area contributed by atoms with Gasteiger partial charge in [0, 0.05) is 19.1 Å². The van der Waals surface area contributed by atoms with E-state index in [1.165, 1.54) is 29.5 Å². The number of unbranched alkanes of at least 4 members (excludes halogenated alkanes) is 1. The van der Waals surface area contributed by atoms with Crippen molar-refractivity contribution in [3.8, 4) is 5.75 Å². The van der Waals surface area contributed by atoms with Crippen LogP contribution in [-0.4, -0.2) is 25.1 Å². The summed E-state index contributed by atoms with van der Waals surface area (Å²) in [6, 6.07) is 17.3. The van der Waals surface area contributed by atoms with Crippen LogP contribution in [0.5, 0.6) is 5.75 Å². The maximum absolute atomic E-state index is 11.9. The van der Waals surface area contributed by atoms with Crippen molar-refractivity contribution in [2.75, 3.05) is 13.2 Å². The molecule has 1 amide bonds. The standard InChI is InChI=1S/C24H32N2O2/c1-2-3-14-25-24(27)18-28-23-13-12-20-10-7-11-22(15-21(20)16-23)26-17-19-8-5-4-6-9-19/h4-6,8-9,12-13,16,22,26H,2-3,7,10-11,14-15,17-18H2,1H3,(H,25,27). The first kappa shape index (κ1) is 20.4. The van der Waals surface area contributed by atoms with Crippen LogP contribution in [0.1, 0.15) is 49.3 Å². The van der Waals surface area contributed by atoms with Gasteiger partial charge in [0.25, 0.3) is 5.91 Å². The van der Waals surface area contributed by atoms with Crippen LogP contribution < -0.4 is 15.4 Å². The molecule has 3 rings (SSSR count). The number of ether oxygens (including phenoxy) is 1. The van der Waals surface area contributed by atoms with Gasteiger partial charge in [-0.1, -0.05) is 49.7 Å². The third kappa shape index (κ3) is 6.38. The molecule has 0 aliphatic heterocycles. The van der Waals surface area contributed by atoms with E-state index in [1.807, 2.05) is 6.07 Å². The van der Waals surface area contributed by atoms with Gasteiger partial charge in [0.2, 0.25) is 0 Å². The number of fused-ring (bicyclic) bond motifs is 1. The van der Waals surface area contributed by atoms with Gasteiger partial charge in [0.15, 0.2) is 6.61 Å². The Labute approximate surface area is 168 Å². The maximum atomic E-state index is 11.9. The molecule has 1 aliphatic carbocycles. The number of rotatable bonds is 9. The molecule has 0 saturated heterocycles. The summed E-state index contributed by atoms with van der Waals surface area (Å²) in [6.45, 7) is 3.81. The van der Waals surface area contributed by atoms with Crippen LogP contribution in [0.15, 0.2) is 48.5 Å². The van der Waals surface area contributed by atoms with Crippen molar-refractivity contribution in [2.24, 2.45) is 0 Å². The SMILES string of the molecule is CCCCNC(=O)COc1ccc2c(c1)CC(NCc1ccccc1)CCC2. The Morgan fingerprint density at radius 3 is 2.82 bits per heavy atom. The van der Waals surface area contributed by atoms with Crippen molar-refractivity contribution < 1.29 is 9.53 Å². The van der Waals surface area contributed by atoms with E-state index in [1.54, 1.807) is 0 Å². The molecule has 0 radical (unpaired) electrons. The summed E-state index contributed by atoms with van der Waals surface area (Å²) in [5.74, 6) is 0.735. The highest BCUT2D eigenvalue weighted by molar-refractivity contribution is 5.77. The summed E-state index contributed by atoms with van der Waals surface area (Å²) in [5, 5.41) is 6.60. The largest absolute Gasteiger partial charge is 0.484 e. The molecule has 0 bridgehead atoms. The Kier molecular flexibility index (Phi) is 7.92. The predicted molar refractivity (Wildman–Crippen MR) is 114 cm³/mol. The fraction of sp³-hybridized carbons (Fsp3) is 0.458. The third-order valence-electron chi connectivity index (χ3n) is 5.30. The molecule has 0 saturated carbocycles. The van der Waals surface area contributed by atoms with E-state index in [2.05, 4.69) is 60.0 Å². The summed E-state index contributed by atoms with van der Waals surface area (Å²) < 4.78 is 5.74. The van der Waals surface area contributed by atoms with E-state index in [-0.39, 0.29) is 12.5 Å². The molecule has 1 aliphatic rings. The Morgan fingerprint density at radius 1 is 1.14 bits per heavy atom. The van der Waals surface area contributed by atoms with Gasteiger partial charge in [0.1, 0.15) is 5.75 Å². The van der Waals surface area contributed by atoms with E-state index in [9.17, 15) is 4.79 Å². The molecular weight excluding hydrogens is 348 g/mol. The number of carbonyl (C=O) groups is 1. The fourth-order valence-corrected chi connectivity index (χ4v) is 3.67. The lowest BCUT2D eigenvalue weighted by Crippen LogP contribution is -2.30. The van der Waals surface area contributed by atoms with Crippen LogP contribution >= 0.6 is 0 Å². The van der Waals surface area contributed by atoms with Gasteiger partial charge >= 0.3 is 0 Å². The van der Waals surface area contributed by atoms with Gasteiger partial charge in [-0.05, 0) is 60.9 Å². The maximum Gasteiger partial charge on any atom is 0.257 e. The predicted octanol–water partition coefficient (Wildman–Crippen LogP) is 4.02. The number of aryl methyl sites for hydroxylation is 1. The van der Waals surface area contributed by atoms with Crippen molar-refractivity contribution in [1.29, 1.82) is 0 Å². The summed E-state index contributed by atoms with van der Waals surface area (Å²) in [7, 11) is 0. The third-order valence-corrected chi connectivity index (χ3v) is 5.30. The normalized spacial score (nSPS) is 16.1. The Morgan fingerprint density at radius 2 is 2.00 bits per heavy atom. The van der Waals surface area contributed by atoms with Crippen molar-refractivity contribution in [2.45, 2.75) is 58.0 Å². The van der Waals surface area contributed by atoms with Crippen LogP contribution in [0.3, 0.4) is 0 Å². The highest BCUT2D eigenvalue weighted by Crippen LogP contribution is 2.25. The quantitative estimate of drug-likeness (QED) is 0.510. The molecule has 0 heterocycles. The van der Waals surface area contributed by atoms with Crippen LogP contribution in [0.25, 0.3) is 0 Å². The first-order chi connectivity index (χ1) is 13.7. The van der Waals surface area contributed by atoms with Crippen molar-refractivity contribution in [1.82, 2.24) is 10.6 Å². The van der Waals surface area contributed by atoms with E-state index in [0.29, 0.717) is 6.04 Å². The van der Waals surface area contributed by atoms with Gasteiger partial charge in [-0.25, -0.2) is 0 Å². The monoisotopic (exact) mass is 380 g/mol. The fourth-order valence-electron chi connectivity index (χ4n) is 3.67. The van der Waals surface area contributed by atoms with Crippen molar-refractivity contribution >= 4 is 5.91 Å². The molecule has 1 unspecified atom stereocenters. The summed E-state index contributed by atoms with van der Waals surface area (Å²) in [6.07, 6.45) is 6.56. The second-order valence-electron chi connectivity index (χ2n) is 7.58. The first-order valence-electron chi connectivity index (χ1n) is 10.5. The minimum Gasteiger partial charge on any atom is -0.484 e. The Bertz CT molecular complexity index is 746. The minimum absolute atomic E-state index is 0.0502. The average Bonchev–Trinajstić information content (AvgIpc) is 2.93. The summed E-state index contributed by atoms with van der Waals surface area (Å²) >= 11 is 0. The number of amides is 1. The molecule has 28 heavy (non-hydrogen) atoms. The topological polar surface area (TPSA) is 50.4 Å². The van der Waals surface area contributed by atoms with Crippen LogP contribution in [0.4, 0.5) is 0 Å². The Hall–Kier alpha value is -2.33. The van der Waals surface area contributed by atoms with Crippen LogP contribution in [-0.2, 0) is 24.2 Å². The van der Waals surface area contributed by atoms with Gasteiger partial charge in [-0.15, -0.1) is 0 Å². The van der Waals surface area contributed by atoms with Crippen molar-refractivity contribution in [3.05, 3.63) is 65.2 Å². The summed E-state index contributed by atoms with van der Waals surface area (Å²) in [4.78, 5) is 11.9. The van der Waals surface area contributed by atoms with Gasteiger partial charge < -0.3 is 15.4 Å². The molecule has 4 nitrogen and oxygen atoms in total. The lowest BCUT2D eigenvalue weighted by atomic mass is 10.0. The molecule has 2 N–H and O–H groups in total. The first-order valence-corrected chi connectivity index (χ1v) is 10.5. The number of hydrogen-bond donors (Lipinski definition) is 2. The number of benzene rings is 2. The van der Waals surface area contributed by atoms with Gasteiger partial charge in [0.05, 0.1) is 0 Å². The lowest BCUT2D eigenvalue weighted by molar-refractivity contribution is -0.123. The van der Waals surface area contributed by atoms with Crippen LogP contribution in [0, 0.1) is 0 Å².